The summed E-state index contributed by atoms with van der Waals surface area (Å²) >= 11 is 0. The van der Waals surface area contributed by atoms with Gasteiger partial charge in [0.05, 0.1) is 12.0 Å². The summed E-state index contributed by atoms with van der Waals surface area (Å²) in [5, 5.41) is 13.0. The number of hydrogen-bond acceptors (Lipinski definition) is 3. The Morgan fingerprint density at radius 2 is 1.38 bits per heavy atom. The van der Waals surface area contributed by atoms with Crippen LogP contribution in [0.25, 0.3) is 0 Å². The number of aromatic amines is 1. The topological polar surface area (TPSA) is 92.0 Å². The molecule has 34 heavy (non-hydrogen) atoms. The van der Waals surface area contributed by atoms with Gasteiger partial charge in [0.25, 0.3) is 0 Å². The molecule has 1 unspecified atom stereocenters. The van der Waals surface area contributed by atoms with E-state index >= 15 is 0 Å². The van der Waals surface area contributed by atoms with E-state index < -0.39 is 19.3 Å². The molecule has 0 fully saturated rings. The zero-order chi connectivity index (χ0) is 24.2. The zero-order valence-electron chi connectivity index (χ0n) is 19.6. The van der Waals surface area contributed by atoms with Crippen LogP contribution >= 0.6 is 7.26 Å². The second-order valence-electron chi connectivity index (χ2n) is 8.32. The van der Waals surface area contributed by atoms with Gasteiger partial charge in [-0.05, 0) is 0 Å². The van der Waals surface area contributed by atoms with Crippen molar-refractivity contribution in [1.82, 2.24) is 9.97 Å². The van der Waals surface area contributed by atoms with Crippen LogP contribution in [0.5, 0.6) is 0 Å². The first-order valence-electron chi connectivity index (χ1n) is 11.7. The average Bonchev–Trinajstić information content (AvgIpc) is 3.40. The van der Waals surface area contributed by atoms with E-state index in [9.17, 15) is 4.79 Å². The van der Waals surface area contributed by atoms with Crippen molar-refractivity contribution >= 4 is 29.1 Å². The molecule has 1 atom stereocenters. The van der Waals surface area contributed by atoms with E-state index in [4.69, 9.17) is 10.8 Å². The van der Waals surface area contributed by atoms with E-state index in [1.54, 1.807) is 6.20 Å². The summed E-state index contributed by atoms with van der Waals surface area (Å²) in [6, 6.07) is 32.7. The number of H-pyrrole nitrogens is 1. The molecular formula is C28H34N3O2P. The molecule has 3 aromatic carbocycles. The molecular weight excluding hydrogens is 441 g/mol. The Hall–Kier alpha value is -3.27. The van der Waals surface area contributed by atoms with Crippen molar-refractivity contribution in [3.63, 3.8) is 0 Å². The van der Waals surface area contributed by atoms with Gasteiger partial charge in [-0.1, -0.05) is 0 Å². The van der Waals surface area contributed by atoms with Crippen LogP contribution < -0.4 is 21.6 Å². The first-order valence-corrected chi connectivity index (χ1v) is 13.9. The summed E-state index contributed by atoms with van der Waals surface area (Å²) in [5.41, 5.74) is 5.92. The number of carboxylic acids is 1. The number of nitrogens with zero attached hydrogens (tertiary/aromatic N) is 1. The van der Waals surface area contributed by atoms with Crippen LogP contribution in [0.1, 0.15) is 25.5 Å². The Labute approximate surface area is 202 Å². The van der Waals surface area contributed by atoms with E-state index in [1.807, 2.05) is 0 Å². The second kappa shape index (κ2) is 12.8. The van der Waals surface area contributed by atoms with E-state index in [-0.39, 0.29) is 6.42 Å². The van der Waals surface area contributed by atoms with Gasteiger partial charge in [0, 0.05) is 12.6 Å². The van der Waals surface area contributed by atoms with Crippen LogP contribution in [0.15, 0.2) is 104 Å². The molecule has 4 N–H and O–H groups in total. The van der Waals surface area contributed by atoms with Crippen molar-refractivity contribution < 1.29 is 9.90 Å². The van der Waals surface area contributed by atoms with Crippen LogP contribution in [-0.4, -0.2) is 33.2 Å². The van der Waals surface area contributed by atoms with Crippen LogP contribution in [0.3, 0.4) is 0 Å². The standard InChI is InChI=1S/C22H25P.C6H9N3O2/c1-2-3-19-23(20-13-7-4-8-14-20,21-15-9-5-10-16-21)22-17-11-6-12-18-22;7-5(6(10)11)1-4-2-8-3-9-4/h4-18,23H,2-3,19H2,1H3;2-3,5H,1,7H2,(H,8,9)(H,10,11). The second-order valence-corrected chi connectivity index (χ2v) is 12.4. The fraction of sp³-hybridized carbons (Fsp3) is 0.214. The van der Waals surface area contributed by atoms with Gasteiger partial charge >= 0.3 is 146 Å². The molecule has 0 radical (unpaired) electrons. The quantitative estimate of drug-likeness (QED) is 0.321. The van der Waals surface area contributed by atoms with Crippen molar-refractivity contribution in [1.29, 1.82) is 0 Å². The van der Waals surface area contributed by atoms with Crippen molar-refractivity contribution in [2.45, 2.75) is 32.2 Å². The molecule has 0 aliphatic rings. The van der Waals surface area contributed by atoms with Gasteiger partial charge in [-0.15, -0.1) is 0 Å². The van der Waals surface area contributed by atoms with Crippen LogP contribution in [0, 0.1) is 0 Å². The Balaban J connectivity index is 0.000000248. The van der Waals surface area contributed by atoms with Gasteiger partial charge in [-0.3, -0.25) is 4.79 Å². The molecule has 5 nitrogen and oxygen atoms in total. The SMILES string of the molecule is CCCC[PH](c1ccccc1)(c1ccccc1)c1ccccc1.NC(Cc1c[nH]cn1)C(=O)O. The predicted molar refractivity (Wildman–Crippen MR) is 144 cm³/mol. The Morgan fingerprint density at radius 1 is 0.912 bits per heavy atom. The fourth-order valence-corrected chi connectivity index (χ4v) is 9.29. The predicted octanol–water partition coefficient (Wildman–Crippen LogP) is 3.88. The fourth-order valence-electron chi connectivity index (χ4n) is 4.26. The third-order valence-electron chi connectivity index (χ3n) is 6.01. The molecule has 1 aromatic heterocycles. The number of rotatable bonds is 9. The average molecular weight is 476 g/mol. The van der Waals surface area contributed by atoms with Crippen LogP contribution in [0.4, 0.5) is 0 Å². The maximum atomic E-state index is 10.3. The Morgan fingerprint density at radius 3 is 1.74 bits per heavy atom. The summed E-state index contributed by atoms with van der Waals surface area (Å²) in [7, 11) is -1.94. The summed E-state index contributed by atoms with van der Waals surface area (Å²) in [5.74, 6) is -1.01. The third kappa shape index (κ3) is 6.40. The number of carbonyl (C=O) groups is 1. The van der Waals surface area contributed by atoms with Gasteiger partial charge in [0.15, 0.2) is 0 Å². The van der Waals surface area contributed by atoms with E-state index in [0.29, 0.717) is 5.69 Å². The van der Waals surface area contributed by atoms with Crippen molar-refractivity contribution in [3.05, 3.63) is 109 Å². The summed E-state index contributed by atoms with van der Waals surface area (Å²) in [6.45, 7) is 2.29. The van der Waals surface area contributed by atoms with Crippen molar-refractivity contribution in [2.75, 3.05) is 6.16 Å². The molecule has 0 spiro atoms. The monoisotopic (exact) mass is 475 g/mol. The Kier molecular flexibility index (Phi) is 9.57. The van der Waals surface area contributed by atoms with Gasteiger partial charge < -0.3 is 15.8 Å². The van der Waals surface area contributed by atoms with Crippen molar-refractivity contribution in [3.8, 4) is 0 Å². The molecule has 0 bridgehead atoms. The first-order chi connectivity index (χ1) is 16.6. The summed E-state index contributed by atoms with van der Waals surface area (Å²) < 4.78 is 0. The smallest absolute Gasteiger partial charge is 0.320 e. The number of carboxylic acid groups (broad SMARTS) is 1. The van der Waals surface area contributed by atoms with E-state index in [1.165, 1.54) is 41.2 Å². The number of nitrogens with two attached hydrogens (primary N) is 1. The molecule has 0 aliphatic heterocycles. The van der Waals surface area contributed by atoms with Gasteiger partial charge in [0.1, 0.15) is 6.04 Å². The number of aromatic nitrogens is 2. The van der Waals surface area contributed by atoms with Gasteiger partial charge in [-0.25, -0.2) is 4.98 Å². The van der Waals surface area contributed by atoms with Crippen molar-refractivity contribution in [2.24, 2.45) is 5.73 Å². The number of unbranched alkanes of at least 4 members (excludes halogenated alkanes) is 1. The molecule has 0 amide bonds. The molecule has 6 heteroatoms. The molecule has 0 saturated carbocycles. The molecule has 4 rings (SSSR count). The minimum atomic E-state index is -1.94. The molecule has 0 saturated heterocycles. The van der Waals surface area contributed by atoms with Crippen LogP contribution in [-0.2, 0) is 11.2 Å². The maximum absolute atomic E-state index is 10.3. The van der Waals surface area contributed by atoms with Gasteiger partial charge in [-0.2, -0.15) is 0 Å². The van der Waals surface area contributed by atoms with Crippen LogP contribution in [0.2, 0.25) is 0 Å². The Bertz CT molecular complexity index is 1010. The number of aliphatic carboxylic acids is 1. The number of benzene rings is 3. The van der Waals surface area contributed by atoms with E-state index in [2.05, 4.69) is 108 Å². The molecule has 4 aromatic rings. The summed E-state index contributed by atoms with van der Waals surface area (Å²) in [6.07, 6.45) is 7.15. The van der Waals surface area contributed by atoms with E-state index in [0.717, 1.165) is 0 Å². The summed E-state index contributed by atoms with van der Waals surface area (Å²) in [4.78, 5) is 16.8. The third-order valence-corrected chi connectivity index (χ3v) is 11.1. The number of imidazole rings is 1. The minimum absolute atomic E-state index is 0.263. The molecule has 1 heterocycles. The zero-order valence-corrected chi connectivity index (χ0v) is 20.6. The normalized spacial score (nSPS) is 12.3. The number of nitrogens with one attached hydrogen (secondary N) is 1. The largest absolute Gasteiger partial charge is 0.480 e. The maximum Gasteiger partial charge on any atom is 0.320 e. The minimum Gasteiger partial charge on any atom is -0.480 e. The van der Waals surface area contributed by atoms with Gasteiger partial charge in [0.2, 0.25) is 0 Å². The number of hydrogen-bond donors (Lipinski definition) is 3. The molecule has 0 aliphatic carbocycles. The molecule has 178 valence electrons. The first kappa shape index (κ1) is 25.4.